The minimum atomic E-state index is -1.30. The van der Waals surface area contributed by atoms with Crippen molar-refractivity contribution in [3.63, 3.8) is 0 Å². The standard InChI is InChI=1S/C27H34O6/c1-6-24(31)33-27(23(30)15-32-17(3)28)12-9-21-19-13-16(2)22-14-18(29)7-10-25(22,4)20(19)8-11-26(21,27)5/h7-8,10,14,16,19,21H,6,9,11-13,15H2,1-5H3/t16-,19+,21-,25+,26-,27-/m0/s1. The molecule has 6 atom stereocenters. The second-order valence-corrected chi connectivity index (χ2v) is 10.6. The Morgan fingerprint density at radius 2 is 1.91 bits per heavy atom. The van der Waals surface area contributed by atoms with E-state index in [1.54, 1.807) is 19.1 Å². The van der Waals surface area contributed by atoms with Crippen molar-refractivity contribution in [1.29, 1.82) is 0 Å². The van der Waals surface area contributed by atoms with E-state index in [1.807, 2.05) is 6.08 Å². The Bertz CT molecular complexity index is 1000. The summed E-state index contributed by atoms with van der Waals surface area (Å²) in [4.78, 5) is 49.5. The lowest BCUT2D eigenvalue weighted by molar-refractivity contribution is -0.186. The van der Waals surface area contributed by atoms with Crippen LogP contribution in [0.15, 0.2) is 35.5 Å². The SMILES string of the molecule is CCC(=O)O[C@]1(C(=O)COC(C)=O)CC[C@H]2[C@@H]3C[C@H](C)C4=CC(=O)C=C[C@]4(C)C3=CC[C@@]21C. The van der Waals surface area contributed by atoms with Gasteiger partial charge < -0.3 is 9.47 Å². The molecule has 2 saturated carbocycles. The molecule has 4 aliphatic carbocycles. The van der Waals surface area contributed by atoms with Crippen LogP contribution in [0, 0.1) is 28.6 Å². The number of fused-ring (bicyclic) bond motifs is 5. The third kappa shape index (κ3) is 3.44. The van der Waals surface area contributed by atoms with Crippen LogP contribution in [-0.2, 0) is 28.7 Å². The summed E-state index contributed by atoms with van der Waals surface area (Å²) in [6, 6.07) is 0. The lowest BCUT2D eigenvalue weighted by Crippen LogP contribution is -2.58. The van der Waals surface area contributed by atoms with Gasteiger partial charge >= 0.3 is 11.9 Å². The predicted octanol–water partition coefficient (Wildman–Crippen LogP) is 4.28. The molecule has 4 rings (SSSR count). The van der Waals surface area contributed by atoms with Gasteiger partial charge in [-0.1, -0.05) is 38.5 Å². The minimum Gasteiger partial charge on any atom is -0.458 e. The van der Waals surface area contributed by atoms with E-state index in [2.05, 4.69) is 26.8 Å². The van der Waals surface area contributed by atoms with E-state index in [0.717, 1.165) is 18.4 Å². The highest BCUT2D eigenvalue weighted by Gasteiger charge is 2.67. The van der Waals surface area contributed by atoms with Gasteiger partial charge in [0.05, 0.1) is 0 Å². The maximum Gasteiger partial charge on any atom is 0.306 e. The van der Waals surface area contributed by atoms with E-state index in [-0.39, 0.29) is 47.8 Å². The van der Waals surface area contributed by atoms with Gasteiger partial charge in [-0.2, -0.15) is 0 Å². The van der Waals surface area contributed by atoms with Crippen LogP contribution in [0.5, 0.6) is 0 Å². The number of rotatable bonds is 5. The fraction of sp³-hybridized carbons (Fsp3) is 0.630. The summed E-state index contributed by atoms with van der Waals surface area (Å²) in [5.74, 6) is -0.628. The lowest BCUT2D eigenvalue weighted by Gasteiger charge is -2.55. The fourth-order valence-corrected chi connectivity index (χ4v) is 7.16. The molecule has 0 aromatic rings. The number of Topliss-reactive ketones (excluding diaryl/α,β-unsaturated/α-hetero) is 1. The Hall–Kier alpha value is -2.50. The molecular weight excluding hydrogens is 420 g/mol. The largest absolute Gasteiger partial charge is 0.458 e. The summed E-state index contributed by atoms with van der Waals surface area (Å²) in [6.45, 7) is 9.01. The maximum atomic E-state index is 13.5. The first-order chi connectivity index (χ1) is 15.5. The van der Waals surface area contributed by atoms with Crippen molar-refractivity contribution in [2.75, 3.05) is 6.61 Å². The second kappa shape index (κ2) is 8.07. The van der Waals surface area contributed by atoms with E-state index >= 15 is 0 Å². The highest BCUT2D eigenvalue weighted by atomic mass is 16.6. The van der Waals surface area contributed by atoms with Gasteiger partial charge in [-0.3, -0.25) is 19.2 Å². The summed E-state index contributed by atoms with van der Waals surface area (Å²) < 4.78 is 11.0. The third-order valence-corrected chi connectivity index (χ3v) is 8.83. The van der Waals surface area contributed by atoms with Gasteiger partial charge in [0, 0.05) is 24.2 Å². The zero-order chi connectivity index (χ0) is 24.2. The first-order valence-electron chi connectivity index (χ1n) is 12.0. The average molecular weight is 455 g/mol. The van der Waals surface area contributed by atoms with Gasteiger partial charge in [-0.25, -0.2) is 0 Å². The predicted molar refractivity (Wildman–Crippen MR) is 122 cm³/mol. The average Bonchev–Trinajstić information content (AvgIpc) is 3.06. The molecule has 2 fully saturated rings. The van der Waals surface area contributed by atoms with Crippen molar-refractivity contribution in [3.05, 3.63) is 35.5 Å². The van der Waals surface area contributed by atoms with E-state index in [9.17, 15) is 19.2 Å². The molecule has 4 aliphatic rings. The monoisotopic (exact) mass is 454 g/mol. The number of ketones is 2. The van der Waals surface area contributed by atoms with Crippen LogP contribution >= 0.6 is 0 Å². The number of hydrogen-bond donors (Lipinski definition) is 0. The Morgan fingerprint density at radius 3 is 2.58 bits per heavy atom. The van der Waals surface area contributed by atoms with Crippen LogP contribution in [0.3, 0.4) is 0 Å². The molecular formula is C27H34O6. The van der Waals surface area contributed by atoms with Crippen LogP contribution in [-0.4, -0.2) is 35.7 Å². The summed E-state index contributed by atoms with van der Waals surface area (Å²) in [5, 5.41) is 0. The van der Waals surface area contributed by atoms with Crippen molar-refractivity contribution in [2.24, 2.45) is 28.6 Å². The van der Waals surface area contributed by atoms with Gasteiger partial charge in [-0.05, 0) is 68.1 Å². The molecule has 178 valence electrons. The Balaban J connectivity index is 1.76. The molecule has 0 aliphatic heterocycles. The number of carbonyl (C=O) groups excluding carboxylic acids is 4. The van der Waals surface area contributed by atoms with E-state index in [4.69, 9.17) is 9.47 Å². The van der Waals surface area contributed by atoms with Gasteiger partial charge in [0.1, 0.15) is 0 Å². The molecule has 33 heavy (non-hydrogen) atoms. The van der Waals surface area contributed by atoms with E-state index in [1.165, 1.54) is 12.5 Å². The second-order valence-electron chi connectivity index (χ2n) is 10.6. The molecule has 0 amide bonds. The number of esters is 2. The third-order valence-electron chi connectivity index (χ3n) is 8.83. The van der Waals surface area contributed by atoms with Crippen molar-refractivity contribution < 1.29 is 28.7 Å². The molecule has 0 unspecified atom stereocenters. The molecule has 0 aromatic carbocycles. The van der Waals surface area contributed by atoms with E-state index < -0.39 is 23.0 Å². The molecule has 6 nitrogen and oxygen atoms in total. The topological polar surface area (TPSA) is 86.7 Å². The number of ether oxygens (including phenoxy) is 2. The lowest BCUT2D eigenvalue weighted by atomic mass is 9.49. The molecule has 0 saturated heterocycles. The van der Waals surface area contributed by atoms with Crippen molar-refractivity contribution in [2.45, 2.75) is 72.3 Å². The summed E-state index contributed by atoms with van der Waals surface area (Å²) in [5.41, 5.74) is 0.275. The molecule has 6 heteroatoms. The Morgan fingerprint density at radius 1 is 1.18 bits per heavy atom. The van der Waals surface area contributed by atoms with Crippen molar-refractivity contribution in [1.82, 2.24) is 0 Å². The zero-order valence-corrected chi connectivity index (χ0v) is 20.2. The number of allylic oxidation sites excluding steroid dienone is 6. The maximum absolute atomic E-state index is 13.5. The van der Waals surface area contributed by atoms with Gasteiger partial charge in [0.2, 0.25) is 5.78 Å². The van der Waals surface area contributed by atoms with Gasteiger partial charge in [0.25, 0.3) is 0 Å². The molecule has 0 spiro atoms. The molecule has 0 N–H and O–H groups in total. The smallest absolute Gasteiger partial charge is 0.306 e. The normalized spacial score (nSPS) is 38.9. The van der Waals surface area contributed by atoms with Crippen LogP contribution in [0.1, 0.15) is 66.7 Å². The van der Waals surface area contributed by atoms with Crippen molar-refractivity contribution >= 4 is 23.5 Å². The summed E-state index contributed by atoms with van der Waals surface area (Å²) >= 11 is 0. The Kier molecular flexibility index (Phi) is 5.78. The quantitative estimate of drug-likeness (QED) is 0.455. The number of carbonyl (C=O) groups is 4. The van der Waals surface area contributed by atoms with Crippen molar-refractivity contribution in [3.8, 4) is 0 Å². The first kappa shape index (κ1) is 23.7. The van der Waals surface area contributed by atoms with Crippen LogP contribution in [0.2, 0.25) is 0 Å². The van der Waals surface area contributed by atoms with Gasteiger partial charge in [-0.15, -0.1) is 0 Å². The highest BCUT2D eigenvalue weighted by molar-refractivity contribution is 6.01. The summed E-state index contributed by atoms with van der Waals surface area (Å²) in [7, 11) is 0. The zero-order valence-electron chi connectivity index (χ0n) is 20.2. The molecule has 0 aromatic heterocycles. The molecule has 0 heterocycles. The van der Waals surface area contributed by atoms with Crippen LogP contribution in [0.4, 0.5) is 0 Å². The van der Waals surface area contributed by atoms with Gasteiger partial charge in [0.15, 0.2) is 18.0 Å². The number of hydrogen-bond acceptors (Lipinski definition) is 6. The fourth-order valence-electron chi connectivity index (χ4n) is 7.16. The van der Waals surface area contributed by atoms with Crippen LogP contribution < -0.4 is 0 Å². The molecule has 0 bridgehead atoms. The highest BCUT2D eigenvalue weighted by Crippen LogP contribution is 2.66. The molecule has 0 radical (unpaired) electrons. The summed E-state index contributed by atoms with van der Waals surface area (Å²) in [6.07, 6.45) is 10.6. The van der Waals surface area contributed by atoms with E-state index in [0.29, 0.717) is 12.8 Å². The van der Waals surface area contributed by atoms with Crippen LogP contribution in [0.25, 0.3) is 0 Å². The first-order valence-corrected chi connectivity index (χ1v) is 12.0. The Labute approximate surface area is 195 Å². The minimum absolute atomic E-state index is 0.0384.